The lowest BCUT2D eigenvalue weighted by atomic mass is 10.1. The third kappa shape index (κ3) is 10.0. The van der Waals surface area contributed by atoms with Crippen molar-refractivity contribution >= 4 is 29.0 Å². The number of alkyl halides is 6. The van der Waals surface area contributed by atoms with E-state index in [1.807, 2.05) is 24.4 Å². The van der Waals surface area contributed by atoms with Crippen molar-refractivity contribution in [2.24, 2.45) is 0 Å². The Labute approximate surface area is 279 Å². The van der Waals surface area contributed by atoms with Crippen LogP contribution >= 0.6 is 11.3 Å². The van der Waals surface area contributed by atoms with Gasteiger partial charge >= 0.3 is 18.4 Å². The second kappa shape index (κ2) is 15.9. The van der Waals surface area contributed by atoms with Gasteiger partial charge in [-0.2, -0.15) is 26.3 Å². The van der Waals surface area contributed by atoms with Gasteiger partial charge in [0.05, 0.1) is 31.9 Å². The number of halogens is 6. The van der Waals surface area contributed by atoms with Crippen LogP contribution in [0.25, 0.3) is 0 Å². The largest absolute Gasteiger partial charge is 0.493 e. The summed E-state index contributed by atoms with van der Waals surface area (Å²) in [6.45, 7) is 3.96. The van der Waals surface area contributed by atoms with Crippen molar-refractivity contribution in [3.8, 4) is 11.5 Å². The first-order chi connectivity index (χ1) is 22.7. The predicted molar refractivity (Wildman–Crippen MR) is 170 cm³/mol. The number of nitrogens with zero attached hydrogens (tertiary/aromatic N) is 3. The van der Waals surface area contributed by atoms with Crippen molar-refractivity contribution in [1.29, 1.82) is 0 Å². The molecule has 0 radical (unpaired) electrons. The van der Waals surface area contributed by atoms with E-state index in [2.05, 4.69) is 10.2 Å². The zero-order valence-electron chi connectivity index (χ0n) is 26.8. The molecule has 0 unspecified atom stereocenters. The first-order valence-electron chi connectivity index (χ1n) is 15.3. The number of carbonyl (C=O) groups is 2. The Bertz CT molecular complexity index is 1520. The van der Waals surface area contributed by atoms with Crippen molar-refractivity contribution in [2.45, 2.75) is 45.1 Å². The minimum Gasteiger partial charge on any atom is -0.493 e. The van der Waals surface area contributed by atoms with Crippen LogP contribution in [0.1, 0.15) is 40.0 Å². The highest BCUT2D eigenvalue weighted by Crippen LogP contribution is 2.37. The van der Waals surface area contributed by atoms with E-state index < -0.39 is 47.6 Å². The molecule has 0 atom stereocenters. The number of anilines is 1. The molecule has 0 spiro atoms. The van der Waals surface area contributed by atoms with Crippen LogP contribution in [0.5, 0.6) is 11.5 Å². The van der Waals surface area contributed by atoms with Crippen molar-refractivity contribution < 1.29 is 45.4 Å². The Morgan fingerprint density at radius 2 is 1.52 bits per heavy atom. The number of ether oxygens (including phenoxy) is 2. The highest BCUT2D eigenvalue weighted by Gasteiger charge is 2.37. The fourth-order valence-electron chi connectivity index (χ4n) is 5.35. The summed E-state index contributed by atoms with van der Waals surface area (Å²) in [7, 11) is 3.04. The van der Waals surface area contributed by atoms with E-state index in [-0.39, 0.29) is 25.7 Å². The van der Waals surface area contributed by atoms with Crippen LogP contribution in [0.4, 0.5) is 36.8 Å². The summed E-state index contributed by atoms with van der Waals surface area (Å²) in [4.78, 5) is 33.2. The lowest BCUT2D eigenvalue weighted by molar-refractivity contribution is -0.143. The van der Waals surface area contributed by atoms with Crippen LogP contribution in [0.2, 0.25) is 0 Å². The maximum Gasteiger partial charge on any atom is 0.416 e. The van der Waals surface area contributed by atoms with E-state index in [1.54, 1.807) is 17.0 Å². The molecule has 3 amide bonds. The molecule has 1 N–H and O–H groups in total. The molecule has 1 aliphatic heterocycles. The number of methoxy groups -OCH3 is 2. The Hall–Kier alpha value is -3.98. The van der Waals surface area contributed by atoms with E-state index in [0.29, 0.717) is 36.6 Å². The molecule has 8 nitrogen and oxygen atoms in total. The maximum atomic E-state index is 13.9. The van der Waals surface area contributed by atoms with Crippen molar-refractivity contribution in [2.75, 3.05) is 58.8 Å². The lowest BCUT2D eigenvalue weighted by Gasteiger charge is -2.29. The number of benzene rings is 2. The van der Waals surface area contributed by atoms with Crippen LogP contribution in [0, 0.1) is 6.92 Å². The number of nitrogens with one attached hydrogen (secondary N) is 1. The van der Waals surface area contributed by atoms with Crippen molar-refractivity contribution in [1.82, 2.24) is 14.7 Å². The molecule has 48 heavy (non-hydrogen) atoms. The van der Waals surface area contributed by atoms with Crippen LogP contribution in [0.3, 0.4) is 0 Å². The zero-order chi connectivity index (χ0) is 35.1. The first-order valence-corrected chi connectivity index (χ1v) is 16.1. The Kier molecular flexibility index (Phi) is 12.2. The molecule has 15 heteroatoms. The summed E-state index contributed by atoms with van der Waals surface area (Å²) in [5, 5.41) is 4.10. The molecule has 0 aliphatic carbocycles. The van der Waals surface area contributed by atoms with Crippen LogP contribution in [-0.4, -0.2) is 80.1 Å². The number of urea groups is 1. The number of thiophene rings is 1. The van der Waals surface area contributed by atoms with E-state index in [4.69, 9.17) is 9.47 Å². The van der Waals surface area contributed by atoms with Gasteiger partial charge in [0.25, 0.3) is 0 Å². The SMILES string of the molecule is COc1ccc(CCN(Cc2sccc2C)C(=O)CN(CCN2CCCC2)C(=O)Nc2cc(C(F)(F)F)cc(C(F)(F)F)c2)cc1OC. The highest BCUT2D eigenvalue weighted by molar-refractivity contribution is 7.10. The molecule has 1 aliphatic rings. The molecule has 1 aromatic heterocycles. The van der Waals surface area contributed by atoms with Crippen LogP contribution < -0.4 is 14.8 Å². The molecule has 0 saturated carbocycles. The van der Waals surface area contributed by atoms with Gasteiger partial charge in [-0.3, -0.25) is 4.79 Å². The summed E-state index contributed by atoms with van der Waals surface area (Å²) in [6.07, 6.45) is -7.82. The third-order valence-electron chi connectivity index (χ3n) is 8.11. The van der Waals surface area contributed by atoms with Gasteiger partial charge in [-0.25, -0.2) is 4.79 Å². The van der Waals surface area contributed by atoms with Gasteiger partial charge in [-0.1, -0.05) is 6.07 Å². The van der Waals surface area contributed by atoms with E-state index in [9.17, 15) is 35.9 Å². The summed E-state index contributed by atoms with van der Waals surface area (Å²) in [5.74, 6) is 0.640. The molecular weight excluding hydrogens is 662 g/mol. The number of amides is 3. The molecule has 2 aromatic carbocycles. The first kappa shape index (κ1) is 36.8. The molecule has 2 heterocycles. The summed E-state index contributed by atoms with van der Waals surface area (Å²) < 4.78 is 91.6. The number of likely N-dealkylation sites (tertiary alicyclic amines) is 1. The van der Waals surface area contributed by atoms with Crippen molar-refractivity contribution in [3.05, 3.63) is 75.0 Å². The minimum atomic E-state index is -5.08. The highest BCUT2D eigenvalue weighted by atomic mass is 32.1. The quantitative estimate of drug-likeness (QED) is 0.190. The lowest BCUT2D eigenvalue weighted by Crippen LogP contribution is -2.47. The molecule has 262 valence electrons. The summed E-state index contributed by atoms with van der Waals surface area (Å²) >= 11 is 1.47. The number of hydrogen-bond donors (Lipinski definition) is 1. The van der Waals surface area contributed by atoms with E-state index in [1.165, 1.54) is 25.6 Å². The zero-order valence-corrected chi connectivity index (χ0v) is 27.7. The summed E-state index contributed by atoms with van der Waals surface area (Å²) in [6, 6.07) is 7.24. The van der Waals surface area contributed by atoms with E-state index in [0.717, 1.165) is 46.8 Å². The predicted octanol–water partition coefficient (Wildman–Crippen LogP) is 7.31. The van der Waals surface area contributed by atoms with Crippen LogP contribution in [0.15, 0.2) is 47.8 Å². The fourth-order valence-corrected chi connectivity index (χ4v) is 6.27. The second-order valence-electron chi connectivity index (χ2n) is 11.5. The molecule has 1 saturated heterocycles. The topological polar surface area (TPSA) is 74.4 Å². The van der Waals surface area contributed by atoms with Gasteiger partial charge in [0.15, 0.2) is 11.5 Å². The maximum absolute atomic E-state index is 13.9. The molecule has 1 fully saturated rings. The normalized spacial score (nSPS) is 13.8. The van der Waals surface area contributed by atoms with Gasteiger partial charge in [0, 0.05) is 30.2 Å². The minimum absolute atomic E-state index is 0.00678. The molecule has 3 aromatic rings. The third-order valence-corrected chi connectivity index (χ3v) is 9.12. The number of aryl methyl sites for hydroxylation is 1. The van der Waals surface area contributed by atoms with Gasteiger partial charge in [0.1, 0.15) is 6.54 Å². The fraction of sp³-hybridized carbons (Fsp3) is 0.455. The van der Waals surface area contributed by atoms with E-state index >= 15 is 0 Å². The van der Waals surface area contributed by atoms with Gasteiger partial charge in [-0.15, -0.1) is 11.3 Å². The monoisotopic (exact) mass is 700 g/mol. The molecule has 0 bridgehead atoms. The summed E-state index contributed by atoms with van der Waals surface area (Å²) in [5.41, 5.74) is -1.94. The average Bonchev–Trinajstić information content (AvgIpc) is 3.71. The smallest absolute Gasteiger partial charge is 0.416 e. The Morgan fingerprint density at radius 1 is 0.875 bits per heavy atom. The van der Waals surface area contributed by atoms with Crippen molar-refractivity contribution in [3.63, 3.8) is 0 Å². The van der Waals surface area contributed by atoms with Gasteiger partial charge in [-0.05, 0) is 92.2 Å². The number of hydrogen-bond acceptors (Lipinski definition) is 6. The average molecular weight is 701 g/mol. The molecular formula is C33H38F6N4O4S. The van der Waals surface area contributed by atoms with Gasteiger partial charge in [0.2, 0.25) is 5.91 Å². The number of carbonyl (C=O) groups excluding carboxylic acids is 2. The Balaban J connectivity index is 1.58. The van der Waals surface area contributed by atoms with Crippen LogP contribution in [-0.2, 0) is 30.1 Å². The second-order valence-corrected chi connectivity index (χ2v) is 12.5. The standard InChI is InChI=1S/C33H38F6N4O4S/c1-22-9-15-48-29(22)20-42(12-8-23-6-7-27(46-2)28(16-23)47-3)30(44)21-43(14-13-41-10-4-5-11-41)31(45)40-26-18-24(32(34,35)36)17-25(19-26)33(37,38)39/h6-7,9,15-19H,4-5,8,10-14,20-21H2,1-3H3,(H,40,45). The Morgan fingerprint density at radius 3 is 2.08 bits per heavy atom. The van der Waals surface area contributed by atoms with Gasteiger partial charge < -0.3 is 29.5 Å². The molecule has 4 rings (SSSR count). The number of rotatable bonds is 13.